The molecule has 2 aromatic carbocycles. The zero-order valence-corrected chi connectivity index (χ0v) is 12.6. The average molecular weight is 297 g/mol. The first-order valence-corrected chi connectivity index (χ1v) is 8.69. The Morgan fingerprint density at radius 1 is 1.10 bits per heavy atom. The Bertz CT molecular complexity index is 747. The van der Waals surface area contributed by atoms with Crippen molar-refractivity contribution >= 4 is 38.9 Å². The quantitative estimate of drug-likeness (QED) is 0.713. The summed E-state index contributed by atoms with van der Waals surface area (Å²) >= 11 is 3.78. The molecule has 1 aliphatic heterocycles. The van der Waals surface area contributed by atoms with Gasteiger partial charge in [0.1, 0.15) is 0 Å². The Morgan fingerprint density at radius 2 is 2.05 bits per heavy atom. The number of thioether (sulfide) groups is 1. The van der Waals surface area contributed by atoms with Crippen LogP contribution in [0.2, 0.25) is 0 Å². The van der Waals surface area contributed by atoms with Crippen LogP contribution in [0.5, 0.6) is 0 Å². The molecule has 0 aliphatic carbocycles. The topological polar surface area (TPSA) is 12.0 Å². The summed E-state index contributed by atoms with van der Waals surface area (Å²) in [5.41, 5.74) is 2.73. The highest BCUT2D eigenvalue weighted by Crippen LogP contribution is 2.39. The molecule has 20 heavy (non-hydrogen) atoms. The Balaban J connectivity index is 1.51. The van der Waals surface area contributed by atoms with Gasteiger partial charge in [-0.3, -0.25) is 0 Å². The van der Waals surface area contributed by atoms with Crippen LogP contribution in [0.4, 0.5) is 5.69 Å². The number of fused-ring (bicyclic) bond motifs is 2. The third kappa shape index (κ3) is 2.21. The predicted octanol–water partition coefficient (Wildman–Crippen LogP) is 5.20. The maximum atomic E-state index is 3.60. The summed E-state index contributed by atoms with van der Waals surface area (Å²) < 4.78 is 1.36. The van der Waals surface area contributed by atoms with Gasteiger partial charge in [-0.2, -0.15) is 0 Å². The van der Waals surface area contributed by atoms with Crippen LogP contribution in [0.1, 0.15) is 11.5 Å². The fourth-order valence-corrected chi connectivity index (χ4v) is 4.74. The lowest BCUT2D eigenvalue weighted by atomic mass is 10.0. The van der Waals surface area contributed by atoms with Crippen molar-refractivity contribution in [2.75, 3.05) is 17.6 Å². The average Bonchev–Trinajstić information content (AvgIpc) is 3.11. The van der Waals surface area contributed by atoms with Crippen LogP contribution in [0.15, 0.2) is 58.8 Å². The molecule has 0 saturated heterocycles. The van der Waals surface area contributed by atoms with Gasteiger partial charge in [-0.15, -0.1) is 23.1 Å². The van der Waals surface area contributed by atoms with Crippen LogP contribution in [-0.4, -0.2) is 12.3 Å². The van der Waals surface area contributed by atoms with Gasteiger partial charge in [-0.25, -0.2) is 0 Å². The van der Waals surface area contributed by atoms with Crippen LogP contribution in [-0.2, 0) is 0 Å². The zero-order valence-electron chi connectivity index (χ0n) is 11.0. The molecule has 1 unspecified atom stereocenters. The Kier molecular flexibility index (Phi) is 3.17. The van der Waals surface area contributed by atoms with E-state index < -0.39 is 0 Å². The van der Waals surface area contributed by atoms with E-state index in [0.717, 1.165) is 6.54 Å². The van der Waals surface area contributed by atoms with E-state index in [2.05, 4.69) is 59.2 Å². The summed E-state index contributed by atoms with van der Waals surface area (Å²) in [5.74, 6) is 1.81. The summed E-state index contributed by atoms with van der Waals surface area (Å²) in [6, 6.07) is 17.6. The van der Waals surface area contributed by atoms with Crippen molar-refractivity contribution in [2.45, 2.75) is 10.8 Å². The van der Waals surface area contributed by atoms with Crippen molar-refractivity contribution in [2.24, 2.45) is 0 Å². The number of hydrogen-bond donors (Lipinski definition) is 1. The summed E-state index contributed by atoms with van der Waals surface area (Å²) in [6.45, 7) is 1.01. The molecule has 1 nitrogen and oxygen atoms in total. The van der Waals surface area contributed by atoms with E-state index in [4.69, 9.17) is 0 Å². The molecule has 1 aliphatic rings. The highest BCUT2D eigenvalue weighted by molar-refractivity contribution is 7.99. The van der Waals surface area contributed by atoms with Gasteiger partial charge in [-0.1, -0.05) is 18.2 Å². The van der Waals surface area contributed by atoms with Crippen LogP contribution in [0.25, 0.3) is 10.1 Å². The molecular weight excluding hydrogens is 282 g/mol. The summed E-state index contributed by atoms with van der Waals surface area (Å²) in [6.07, 6.45) is 0. The summed E-state index contributed by atoms with van der Waals surface area (Å²) in [4.78, 5) is 1.45. The first kappa shape index (κ1) is 12.3. The van der Waals surface area contributed by atoms with Gasteiger partial charge in [-0.05, 0) is 46.7 Å². The molecule has 0 bridgehead atoms. The molecule has 2 heterocycles. The number of benzene rings is 2. The van der Waals surface area contributed by atoms with Crippen molar-refractivity contribution < 1.29 is 0 Å². The maximum absolute atomic E-state index is 3.60. The molecule has 3 aromatic rings. The number of nitrogens with one attached hydrogen (secondary N) is 1. The number of anilines is 1. The standard InChI is InChI=1S/C17H15NS2/c1-2-4-17-15(3-1)13(11-20-17)10-18-14-5-6-16-12(9-14)7-8-19-16/h1-9,13,18H,10-11H2. The molecule has 0 fully saturated rings. The van der Waals surface area contributed by atoms with Crippen LogP contribution in [0.3, 0.4) is 0 Å². The van der Waals surface area contributed by atoms with Crippen LogP contribution >= 0.6 is 23.1 Å². The molecule has 0 radical (unpaired) electrons. The molecule has 1 N–H and O–H groups in total. The largest absolute Gasteiger partial charge is 0.384 e. The van der Waals surface area contributed by atoms with Crippen LogP contribution in [0, 0.1) is 0 Å². The normalized spacial score (nSPS) is 17.3. The molecule has 4 rings (SSSR count). The van der Waals surface area contributed by atoms with Crippen molar-refractivity contribution in [1.82, 2.24) is 0 Å². The second kappa shape index (κ2) is 5.15. The van der Waals surface area contributed by atoms with E-state index >= 15 is 0 Å². The first-order valence-electron chi connectivity index (χ1n) is 6.83. The zero-order chi connectivity index (χ0) is 13.4. The van der Waals surface area contributed by atoms with Crippen molar-refractivity contribution in [1.29, 1.82) is 0 Å². The van der Waals surface area contributed by atoms with Gasteiger partial charge in [0.25, 0.3) is 0 Å². The Morgan fingerprint density at radius 3 is 3.05 bits per heavy atom. The lowest BCUT2D eigenvalue weighted by molar-refractivity contribution is 0.819. The van der Waals surface area contributed by atoms with Gasteiger partial charge in [0.05, 0.1) is 0 Å². The number of thiophene rings is 1. The molecule has 1 atom stereocenters. The molecule has 0 spiro atoms. The molecule has 1 aromatic heterocycles. The van der Waals surface area contributed by atoms with Gasteiger partial charge >= 0.3 is 0 Å². The lowest BCUT2D eigenvalue weighted by Crippen LogP contribution is -2.12. The van der Waals surface area contributed by atoms with Gasteiger partial charge in [0.2, 0.25) is 0 Å². The van der Waals surface area contributed by atoms with E-state index in [1.807, 2.05) is 11.8 Å². The summed E-state index contributed by atoms with van der Waals surface area (Å²) in [7, 11) is 0. The predicted molar refractivity (Wildman–Crippen MR) is 90.2 cm³/mol. The summed E-state index contributed by atoms with van der Waals surface area (Å²) in [5, 5.41) is 7.09. The first-order chi connectivity index (χ1) is 9.90. The van der Waals surface area contributed by atoms with Gasteiger partial charge in [0, 0.05) is 33.5 Å². The van der Waals surface area contributed by atoms with E-state index in [0.29, 0.717) is 5.92 Å². The maximum Gasteiger partial charge on any atom is 0.0347 e. The second-order valence-corrected chi connectivity index (χ2v) is 7.11. The monoisotopic (exact) mass is 297 g/mol. The van der Waals surface area contributed by atoms with Gasteiger partial charge in [0.15, 0.2) is 0 Å². The van der Waals surface area contributed by atoms with E-state index in [1.165, 1.54) is 32.0 Å². The third-order valence-electron chi connectivity index (χ3n) is 3.80. The Hall–Kier alpha value is -1.45. The third-order valence-corrected chi connectivity index (χ3v) is 5.95. The highest BCUT2D eigenvalue weighted by Gasteiger charge is 2.22. The van der Waals surface area contributed by atoms with Crippen molar-refractivity contribution in [3.05, 3.63) is 59.5 Å². The van der Waals surface area contributed by atoms with Gasteiger partial charge < -0.3 is 5.32 Å². The highest BCUT2D eigenvalue weighted by atomic mass is 32.2. The fraction of sp³-hybridized carbons (Fsp3) is 0.176. The minimum Gasteiger partial charge on any atom is -0.384 e. The van der Waals surface area contributed by atoms with Crippen molar-refractivity contribution in [3.8, 4) is 0 Å². The fourth-order valence-electron chi connectivity index (χ4n) is 2.72. The molecule has 0 amide bonds. The number of hydrogen-bond acceptors (Lipinski definition) is 3. The lowest BCUT2D eigenvalue weighted by Gasteiger charge is -2.13. The minimum atomic E-state index is 0.620. The molecule has 0 saturated carbocycles. The van der Waals surface area contributed by atoms with E-state index in [-0.39, 0.29) is 0 Å². The SMILES string of the molecule is c1ccc2c(c1)SCC2CNc1ccc2sccc2c1. The molecule has 3 heteroatoms. The smallest absolute Gasteiger partial charge is 0.0347 e. The van der Waals surface area contributed by atoms with Crippen LogP contribution < -0.4 is 5.32 Å². The molecular formula is C17H15NS2. The molecule has 100 valence electrons. The van der Waals surface area contributed by atoms with E-state index in [1.54, 1.807) is 11.3 Å². The minimum absolute atomic E-state index is 0.620. The van der Waals surface area contributed by atoms with E-state index in [9.17, 15) is 0 Å². The Labute approximate surface area is 127 Å². The number of rotatable bonds is 3. The second-order valence-electron chi connectivity index (χ2n) is 5.10. The van der Waals surface area contributed by atoms with Crippen molar-refractivity contribution in [3.63, 3.8) is 0 Å².